The quantitative estimate of drug-likeness (QED) is 0.588. The zero-order valence-electron chi connectivity index (χ0n) is 13.2. The van der Waals surface area contributed by atoms with E-state index in [2.05, 4.69) is 0 Å². The Balaban J connectivity index is 2.25. The number of nitrogens with zero attached hydrogens (tertiary/aromatic N) is 1. The normalized spacial score (nSPS) is 14.1. The SMILES string of the molecule is CC(CCn1ccc(-c2ccsc2)cc1=O)(C(=O)NO)S(C)(=O)=O. The van der Waals surface area contributed by atoms with E-state index in [1.807, 2.05) is 16.8 Å². The molecule has 1 unspecified atom stereocenters. The standard InChI is InChI=1S/C15H18N2O5S2/c1-15(14(19)16-20,24(2,21)22)5-7-17-6-3-11(9-13(17)18)12-4-8-23-10-12/h3-4,6,8-10,20H,5,7H2,1-2H3,(H,16,19). The van der Waals surface area contributed by atoms with Gasteiger partial charge in [-0.1, -0.05) is 0 Å². The lowest BCUT2D eigenvalue weighted by molar-refractivity contribution is -0.131. The van der Waals surface area contributed by atoms with Gasteiger partial charge in [0.1, 0.15) is 0 Å². The molecule has 130 valence electrons. The lowest BCUT2D eigenvalue weighted by Crippen LogP contribution is -2.49. The second kappa shape index (κ2) is 6.88. The summed E-state index contributed by atoms with van der Waals surface area (Å²) in [7, 11) is -3.79. The van der Waals surface area contributed by atoms with Gasteiger partial charge in [0, 0.05) is 25.1 Å². The first-order valence-electron chi connectivity index (χ1n) is 7.06. The van der Waals surface area contributed by atoms with Crippen molar-refractivity contribution in [3.63, 3.8) is 0 Å². The van der Waals surface area contributed by atoms with Crippen LogP contribution in [0.5, 0.6) is 0 Å². The maximum atomic E-state index is 12.2. The molecule has 0 fully saturated rings. The molecule has 0 aliphatic rings. The summed E-state index contributed by atoms with van der Waals surface area (Å²) in [5.74, 6) is -1.02. The van der Waals surface area contributed by atoms with Gasteiger partial charge >= 0.3 is 0 Å². The van der Waals surface area contributed by atoms with Crippen LogP contribution in [-0.2, 0) is 21.2 Å². The molecule has 1 amide bonds. The van der Waals surface area contributed by atoms with Crippen molar-refractivity contribution in [3.05, 3.63) is 45.5 Å². The van der Waals surface area contributed by atoms with Gasteiger partial charge in [-0.3, -0.25) is 14.8 Å². The molecule has 2 aromatic rings. The number of nitrogens with one attached hydrogen (secondary N) is 1. The van der Waals surface area contributed by atoms with Crippen LogP contribution < -0.4 is 11.0 Å². The van der Waals surface area contributed by atoms with Crippen LogP contribution in [0.4, 0.5) is 0 Å². The predicted molar refractivity (Wildman–Crippen MR) is 91.8 cm³/mol. The average molecular weight is 370 g/mol. The van der Waals surface area contributed by atoms with Gasteiger partial charge in [0.25, 0.3) is 11.5 Å². The predicted octanol–water partition coefficient (Wildman–Crippen LogP) is 1.28. The molecule has 0 saturated carbocycles. The number of amides is 1. The van der Waals surface area contributed by atoms with Gasteiger partial charge in [0.05, 0.1) is 0 Å². The van der Waals surface area contributed by atoms with E-state index in [-0.39, 0.29) is 18.5 Å². The van der Waals surface area contributed by atoms with Crippen LogP contribution >= 0.6 is 11.3 Å². The highest BCUT2D eigenvalue weighted by atomic mass is 32.2. The first kappa shape index (κ1) is 18.4. The molecule has 1 atom stereocenters. The average Bonchev–Trinajstić information content (AvgIpc) is 3.05. The summed E-state index contributed by atoms with van der Waals surface area (Å²) in [5.41, 5.74) is 2.80. The molecule has 7 nitrogen and oxygen atoms in total. The van der Waals surface area contributed by atoms with Crippen molar-refractivity contribution in [1.82, 2.24) is 10.0 Å². The number of pyridine rings is 1. The fraction of sp³-hybridized carbons (Fsp3) is 0.333. The number of thiophene rings is 1. The van der Waals surface area contributed by atoms with Crippen LogP contribution in [0.1, 0.15) is 13.3 Å². The van der Waals surface area contributed by atoms with Gasteiger partial charge in [-0.2, -0.15) is 11.3 Å². The number of rotatable bonds is 6. The van der Waals surface area contributed by atoms with Gasteiger partial charge in [-0.05, 0) is 47.4 Å². The van der Waals surface area contributed by atoms with Crippen LogP contribution in [0.25, 0.3) is 11.1 Å². The Morgan fingerprint density at radius 1 is 1.38 bits per heavy atom. The van der Waals surface area contributed by atoms with Crippen molar-refractivity contribution >= 4 is 27.1 Å². The number of carbonyl (C=O) groups is 1. The van der Waals surface area contributed by atoms with E-state index in [1.165, 1.54) is 34.4 Å². The highest BCUT2D eigenvalue weighted by molar-refractivity contribution is 7.92. The maximum Gasteiger partial charge on any atom is 0.264 e. The summed E-state index contributed by atoms with van der Waals surface area (Å²) < 4.78 is 23.3. The molecule has 2 rings (SSSR count). The summed E-state index contributed by atoms with van der Waals surface area (Å²) in [4.78, 5) is 24.0. The van der Waals surface area contributed by atoms with E-state index in [1.54, 1.807) is 12.3 Å². The zero-order chi connectivity index (χ0) is 18.0. The maximum absolute atomic E-state index is 12.2. The highest BCUT2D eigenvalue weighted by Gasteiger charge is 2.43. The van der Waals surface area contributed by atoms with E-state index >= 15 is 0 Å². The summed E-state index contributed by atoms with van der Waals surface area (Å²) in [5, 5.41) is 12.6. The minimum Gasteiger partial charge on any atom is -0.315 e. The monoisotopic (exact) mass is 370 g/mol. The smallest absolute Gasteiger partial charge is 0.264 e. The molecule has 0 aliphatic heterocycles. The molecule has 0 aliphatic carbocycles. The zero-order valence-corrected chi connectivity index (χ0v) is 14.9. The van der Waals surface area contributed by atoms with Crippen LogP contribution in [0.2, 0.25) is 0 Å². The third-order valence-electron chi connectivity index (χ3n) is 4.08. The molecule has 2 N–H and O–H groups in total. The van der Waals surface area contributed by atoms with E-state index in [0.717, 1.165) is 17.4 Å². The van der Waals surface area contributed by atoms with E-state index in [0.29, 0.717) is 0 Å². The largest absolute Gasteiger partial charge is 0.315 e. The minimum absolute atomic E-state index is 0.0275. The molecular weight excluding hydrogens is 352 g/mol. The second-order valence-corrected chi connectivity index (χ2v) is 8.88. The Labute approximate surface area is 143 Å². The Morgan fingerprint density at radius 2 is 2.08 bits per heavy atom. The molecule has 9 heteroatoms. The Kier molecular flexibility index (Phi) is 5.26. The van der Waals surface area contributed by atoms with Crippen molar-refractivity contribution in [2.24, 2.45) is 0 Å². The Morgan fingerprint density at radius 3 is 2.58 bits per heavy atom. The van der Waals surface area contributed by atoms with Gasteiger partial charge in [0.15, 0.2) is 14.6 Å². The molecule has 2 aromatic heterocycles. The number of hydrogen-bond acceptors (Lipinski definition) is 6. The third-order valence-corrected chi connectivity index (χ3v) is 6.79. The third kappa shape index (κ3) is 3.58. The van der Waals surface area contributed by atoms with Crippen molar-refractivity contribution < 1.29 is 18.4 Å². The van der Waals surface area contributed by atoms with Crippen molar-refractivity contribution in [2.45, 2.75) is 24.6 Å². The number of hydrogen-bond donors (Lipinski definition) is 2. The molecule has 0 saturated heterocycles. The van der Waals surface area contributed by atoms with Crippen molar-refractivity contribution in [1.29, 1.82) is 0 Å². The van der Waals surface area contributed by atoms with Gasteiger partial charge in [0.2, 0.25) is 0 Å². The van der Waals surface area contributed by atoms with E-state index in [4.69, 9.17) is 5.21 Å². The van der Waals surface area contributed by atoms with E-state index < -0.39 is 20.5 Å². The second-order valence-electron chi connectivity index (χ2n) is 5.65. The summed E-state index contributed by atoms with van der Waals surface area (Å²) in [6.07, 6.45) is 2.34. The molecule has 0 spiro atoms. The highest BCUT2D eigenvalue weighted by Crippen LogP contribution is 2.23. The lowest BCUT2D eigenvalue weighted by Gasteiger charge is -2.25. The number of carbonyl (C=O) groups excluding carboxylic acids is 1. The molecule has 2 heterocycles. The Hall–Kier alpha value is -1.97. The van der Waals surface area contributed by atoms with Gasteiger partial charge in [-0.15, -0.1) is 0 Å². The van der Waals surface area contributed by atoms with Gasteiger partial charge in [-0.25, -0.2) is 13.9 Å². The number of sulfone groups is 1. The molecule has 0 aromatic carbocycles. The van der Waals surface area contributed by atoms with Crippen molar-refractivity contribution in [2.75, 3.05) is 6.26 Å². The number of aryl methyl sites for hydroxylation is 1. The molecule has 24 heavy (non-hydrogen) atoms. The topological polar surface area (TPSA) is 105 Å². The lowest BCUT2D eigenvalue weighted by atomic mass is 10.1. The van der Waals surface area contributed by atoms with Crippen LogP contribution in [0, 0.1) is 0 Å². The fourth-order valence-corrected chi connectivity index (χ4v) is 3.73. The van der Waals surface area contributed by atoms with Crippen LogP contribution in [-0.4, -0.2) is 35.1 Å². The number of aromatic nitrogens is 1. The molecule has 0 bridgehead atoms. The molecular formula is C15H18N2O5S2. The number of hydroxylamine groups is 1. The van der Waals surface area contributed by atoms with Crippen molar-refractivity contribution in [3.8, 4) is 11.1 Å². The van der Waals surface area contributed by atoms with Crippen LogP contribution in [0.3, 0.4) is 0 Å². The minimum atomic E-state index is -3.79. The van der Waals surface area contributed by atoms with Gasteiger partial charge < -0.3 is 4.57 Å². The fourth-order valence-electron chi connectivity index (χ4n) is 2.22. The van der Waals surface area contributed by atoms with Crippen LogP contribution in [0.15, 0.2) is 40.0 Å². The molecule has 0 radical (unpaired) electrons. The van der Waals surface area contributed by atoms with E-state index in [9.17, 15) is 18.0 Å². The Bertz CT molecular complexity index is 887. The first-order chi connectivity index (χ1) is 11.2. The summed E-state index contributed by atoms with van der Waals surface area (Å²) in [6, 6.07) is 5.12. The first-order valence-corrected chi connectivity index (χ1v) is 9.89. The summed E-state index contributed by atoms with van der Waals surface area (Å²) in [6.45, 7) is 1.25. The summed E-state index contributed by atoms with van der Waals surface area (Å²) >= 11 is 1.52.